The molecule has 0 radical (unpaired) electrons. The third-order valence-corrected chi connectivity index (χ3v) is 2.01. The van der Waals surface area contributed by atoms with Crippen LogP contribution in [0, 0.1) is 0 Å². The van der Waals surface area contributed by atoms with Gasteiger partial charge in [0.15, 0.2) is 0 Å². The van der Waals surface area contributed by atoms with E-state index in [0.29, 0.717) is 12.2 Å². The molecule has 1 aromatic heterocycles. The molecule has 0 unspecified atom stereocenters. The maximum atomic E-state index is 11.9. The van der Waals surface area contributed by atoms with Gasteiger partial charge in [0.1, 0.15) is 5.69 Å². The fourth-order valence-corrected chi connectivity index (χ4v) is 1.26. The number of carbonyl (C=O) groups excluding carboxylic acids is 1. The molecule has 0 aromatic carbocycles. The van der Waals surface area contributed by atoms with E-state index in [4.69, 9.17) is 5.11 Å². The predicted molar refractivity (Wildman–Crippen MR) is 55.3 cm³/mol. The maximum Gasteiger partial charge on any atom is 0.274 e. The highest BCUT2D eigenvalue weighted by atomic mass is 16.3. The largest absolute Gasteiger partial charge is 0.395 e. The van der Waals surface area contributed by atoms with E-state index < -0.39 is 0 Å². The fourth-order valence-electron chi connectivity index (χ4n) is 1.26. The summed E-state index contributed by atoms with van der Waals surface area (Å²) in [7, 11) is 0. The number of amides is 1. The molecule has 0 fully saturated rings. The number of hydrogen-bond acceptors (Lipinski definition) is 4. The molecule has 0 aliphatic carbocycles. The zero-order chi connectivity index (χ0) is 11.3. The third-order valence-electron chi connectivity index (χ3n) is 2.01. The van der Waals surface area contributed by atoms with Crippen molar-refractivity contribution in [3.05, 3.63) is 24.3 Å². The molecular weight excluding hydrogens is 194 g/mol. The van der Waals surface area contributed by atoms with Crippen molar-refractivity contribution in [2.45, 2.75) is 19.9 Å². The molecule has 1 amide bonds. The van der Waals surface area contributed by atoms with Crippen molar-refractivity contribution >= 4 is 5.91 Å². The summed E-state index contributed by atoms with van der Waals surface area (Å²) in [5.74, 6) is -0.202. The van der Waals surface area contributed by atoms with Gasteiger partial charge < -0.3 is 10.0 Å². The minimum atomic E-state index is -0.202. The van der Waals surface area contributed by atoms with E-state index in [0.717, 1.165) is 0 Å². The van der Waals surface area contributed by atoms with Crippen LogP contribution >= 0.6 is 0 Å². The lowest BCUT2D eigenvalue weighted by Crippen LogP contribution is -2.39. The summed E-state index contributed by atoms with van der Waals surface area (Å²) < 4.78 is 0. The first-order chi connectivity index (χ1) is 7.16. The Morgan fingerprint density at radius 2 is 2.27 bits per heavy atom. The molecule has 5 nitrogen and oxygen atoms in total. The van der Waals surface area contributed by atoms with Gasteiger partial charge in [-0.05, 0) is 13.8 Å². The summed E-state index contributed by atoms with van der Waals surface area (Å²) in [6.45, 7) is 4.05. The fraction of sp³-hybridized carbons (Fsp3) is 0.500. The SMILES string of the molecule is CC(C)N(CCO)C(=O)c1cnccn1. The van der Waals surface area contributed by atoms with Crippen molar-refractivity contribution < 1.29 is 9.90 Å². The van der Waals surface area contributed by atoms with Gasteiger partial charge in [-0.2, -0.15) is 0 Å². The predicted octanol–water partition coefficient (Wildman–Crippen LogP) is 0.319. The molecule has 0 aliphatic heterocycles. The Morgan fingerprint density at radius 3 is 2.73 bits per heavy atom. The number of aliphatic hydroxyl groups excluding tert-OH is 1. The van der Waals surface area contributed by atoms with E-state index in [2.05, 4.69) is 9.97 Å². The van der Waals surface area contributed by atoms with Crippen LogP contribution in [-0.4, -0.2) is 45.1 Å². The molecule has 5 heteroatoms. The van der Waals surface area contributed by atoms with Crippen LogP contribution in [0.2, 0.25) is 0 Å². The number of rotatable bonds is 4. The molecule has 0 atom stereocenters. The molecule has 1 aromatic rings. The van der Waals surface area contributed by atoms with E-state index in [1.165, 1.54) is 18.6 Å². The van der Waals surface area contributed by atoms with Gasteiger partial charge in [0.25, 0.3) is 5.91 Å². The summed E-state index contributed by atoms with van der Waals surface area (Å²) in [5, 5.41) is 8.85. The summed E-state index contributed by atoms with van der Waals surface area (Å²) in [6, 6.07) is 0.0339. The number of carbonyl (C=O) groups is 1. The molecular formula is C10H15N3O2. The molecule has 1 N–H and O–H groups in total. The minimum Gasteiger partial charge on any atom is -0.395 e. The van der Waals surface area contributed by atoms with Crippen LogP contribution in [0.4, 0.5) is 0 Å². The third kappa shape index (κ3) is 2.99. The molecule has 0 saturated heterocycles. The molecule has 1 heterocycles. The Morgan fingerprint density at radius 1 is 1.53 bits per heavy atom. The number of hydrogen-bond donors (Lipinski definition) is 1. The lowest BCUT2D eigenvalue weighted by atomic mass is 10.2. The Balaban J connectivity index is 2.81. The average molecular weight is 209 g/mol. The number of aliphatic hydroxyl groups is 1. The van der Waals surface area contributed by atoms with Crippen molar-refractivity contribution in [1.82, 2.24) is 14.9 Å². The molecule has 0 bridgehead atoms. The van der Waals surface area contributed by atoms with E-state index in [1.54, 1.807) is 4.90 Å². The minimum absolute atomic E-state index is 0.0339. The summed E-state index contributed by atoms with van der Waals surface area (Å²) >= 11 is 0. The van der Waals surface area contributed by atoms with Gasteiger partial charge >= 0.3 is 0 Å². The Labute approximate surface area is 88.8 Å². The summed E-state index contributed by atoms with van der Waals surface area (Å²) in [4.78, 5) is 21.2. The van der Waals surface area contributed by atoms with Gasteiger partial charge in [-0.15, -0.1) is 0 Å². The Hall–Kier alpha value is -1.49. The molecule has 82 valence electrons. The maximum absolute atomic E-state index is 11.9. The average Bonchev–Trinajstić information content (AvgIpc) is 2.26. The number of aromatic nitrogens is 2. The Kier molecular flexibility index (Phi) is 4.17. The van der Waals surface area contributed by atoms with Crippen molar-refractivity contribution in [1.29, 1.82) is 0 Å². The van der Waals surface area contributed by atoms with Gasteiger partial charge in [-0.3, -0.25) is 9.78 Å². The second kappa shape index (κ2) is 5.41. The highest BCUT2D eigenvalue weighted by Crippen LogP contribution is 2.04. The lowest BCUT2D eigenvalue weighted by Gasteiger charge is -2.25. The van der Waals surface area contributed by atoms with Crippen molar-refractivity contribution in [3.63, 3.8) is 0 Å². The monoisotopic (exact) mass is 209 g/mol. The quantitative estimate of drug-likeness (QED) is 0.775. The first-order valence-electron chi connectivity index (χ1n) is 4.84. The normalized spacial score (nSPS) is 10.4. The van der Waals surface area contributed by atoms with Gasteiger partial charge in [-0.1, -0.05) is 0 Å². The highest BCUT2D eigenvalue weighted by Gasteiger charge is 2.18. The molecule has 15 heavy (non-hydrogen) atoms. The molecule has 1 rings (SSSR count). The first kappa shape index (κ1) is 11.6. The smallest absolute Gasteiger partial charge is 0.274 e. The van der Waals surface area contributed by atoms with Crippen LogP contribution in [0.15, 0.2) is 18.6 Å². The second-order valence-electron chi connectivity index (χ2n) is 3.41. The van der Waals surface area contributed by atoms with Crippen LogP contribution in [0.5, 0.6) is 0 Å². The van der Waals surface area contributed by atoms with Gasteiger partial charge in [0.05, 0.1) is 12.8 Å². The van der Waals surface area contributed by atoms with Crippen LogP contribution in [0.25, 0.3) is 0 Å². The van der Waals surface area contributed by atoms with E-state index in [-0.39, 0.29) is 18.6 Å². The van der Waals surface area contributed by atoms with E-state index in [1.807, 2.05) is 13.8 Å². The van der Waals surface area contributed by atoms with Gasteiger partial charge in [-0.25, -0.2) is 4.98 Å². The van der Waals surface area contributed by atoms with Crippen LogP contribution in [0.1, 0.15) is 24.3 Å². The van der Waals surface area contributed by atoms with Gasteiger partial charge in [0.2, 0.25) is 0 Å². The second-order valence-corrected chi connectivity index (χ2v) is 3.41. The first-order valence-corrected chi connectivity index (χ1v) is 4.84. The number of nitrogens with zero attached hydrogens (tertiary/aromatic N) is 3. The van der Waals surface area contributed by atoms with Crippen LogP contribution in [-0.2, 0) is 0 Å². The zero-order valence-corrected chi connectivity index (χ0v) is 8.92. The molecule has 0 saturated carbocycles. The Bertz CT molecular complexity index is 314. The molecule has 0 spiro atoms. The topological polar surface area (TPSA) is 66.3 Å². The highest BCUT2D eigenvalue weighted by molar-refractivity contribution is 5.92. The van der Waals surface area contributed by atoms with Crippen LogP contribution < -0.4 is 0 Å². The van der Waals surface area contributed by atoms with Crippen molar-refractivity contribution in [2.24, 2.45) is 0 Å². The lowest BCUT2D eigenvalue weighted by molar-refractivity contribution is 0.0659. The van der Waals surface area contributed by atoms with Crippen LogP contribution in [0.3, 0.4) is 0 Å². The molecule has 0 aliphatic rings. The van der Waals surface area contributed by atoms with Crippen molar-refractivity contribution in [3.8, 4) is 0 Å². The van der Waals surface area contributed by atoms with Gasteiger partial charge in [0, 0.05) is 25.0 Å². The van der Waals surface area contributed by atoms with E-state index in [9.17, 15) is 4.79 Å². The van der Waals surface area contributed by atoms with Crippen molar-refractivity contribution in [2.75, 3.05) is 13.2 Å². The summed E-state index contributed by atoms with van der Waals surface area (Å²) in [6.07, 6.45) is 4.42. The van der Waals surface area contributed by atoms with E-state index >= 15 is 0 Å². The standard InChI is InChI=1S/C10H15N3O2/c1-8(2)13(5-6-14)10(15)9-7-11-3-4-12-9/h3-4,7-8,14H,5-6H2,1-2H3. The zero-order valence-electron chi connectivity index (χ0n) is 8.92. The summed E-state index contributed by atoms with van der Waals surface area (Å²) in [5.41, 5.74) is 0.305.